The van der Waals surface area contributed by atoms with Gasteiger partial charge < -0.3 is 0 Å². The molecule has 0 bridgehead atoms. The van der Waals surface area contributed by atoms with Crippen LogP contribution in [0.3, 0.4) is 0 Å². The van der Waals surface area contributed by atoms with Crippen molar-refractivity contribution in [2.24, 2.45) is 0 Å². The number of hydrogen-bond acceptors (Lipinski definition) is 3. The fourth-order valence-corrected chi connectivity index (χ4v) is 1.17. The number of nitrogens with one attached hydrogen (secondary N) is 1. The van der Waals surface area contributed by atoms with E-state index in [9.17, 15) is 4.39 Å². The first-order valence-electron chi connectivity index (χ1n) is 3.50. The lowest BCUT2D eigenvalue weighted by Crippen LogP contribution is -1.93. The van der Waals surface area contributed by atoms with Gasteiger partial charge in [0.2, 0.25) is 0 Å². The molecule has 66 valence electrons. The Kier molecular flexibility index (Phi) is 1.90. The van der Waals surface area contributed by atoms with Crippen molar-refractivity contribution < 1.29 is 4.39 Å². The van der Waals surface area contributed by atoms with Gasteiger partial charge in [-0.2, -0.15) is 5.10 Å². The van der Waals surface area contributed by atoms with Crippen molar-refractivity contribution in [1.82, 2.24) is 19.7 Å². The zero-order valence-electron chi connectivity index (χ0n) is 6.44. The molecule has 13 heavy (non-hydrogen) atoms. The van der Waals surface area contributed by atoms with Gasteiger partial charge in [-0.15, -0.1) is 0 Å². The quantitative estimate of drug-likeness (QED) is 0.702. The molecule has 2 aromatic rings. The lowest BCUT2D eigenvalue weighted by Gasteiger charge is -1.98. The van der Waals surface area contributed by atoms with E-state index in [4.69, 9.17) is 12.2 Å². The normalized spacial score (nSPS) is 10.2. The van der Waals surface area contributed by atoms with Crippen LogP contribution in [0.4, 0.5) is 4.39 Å². The summed E-state index contributed by atoms with van der Waals surface area (Å²) in [5, 5.41) is 6.28. The standard InChI is InChI=1S/C7H5FN4S/c8-5-1-6(3-9-2-5)12-4-10-11-7(12)13/h1-4H,(H,11,13). The third-order valence-electron chi connectivity index (χ3n) is 1.52. The van der Waals surface area contributed by atoms with Crippen LogP contribution in [0.15, 0.2) is 24.8 Å². The van der Waals surface area contributed by atoms with E-state index in [-0.39, 0.29) is 0 Å². The lowest BCUT2D eigenvalue weighted by atomic mass is 10.4. The Morgan fingerprint density at radius 3 is 2.92 bits per heavy atom. The molecule has 6 heteroatoms. The summed E-state index contributed by atoms with van der Waals surface area (Å²) in [6, 6.07) is 1.33. The van der Waals surface area contributed by atoms with Crippen LogP contribution in [0, 0.1) is 10.6 Å². The molecule has 0 aliphatic rings. The van der Waals surface area contributed by atoms with Crippen LogP contribution in [-0.2, 0) is 0 Å². The van der Waals surface area contributed by atoms with Gasteiger partial charge in [0.25, 0.3) is 0 Å². The van der Waals surface area contributed by atoms with Gasteiger partial charge in [0.1, 0.15) is 12.1 Å². The minimum absolute atomic E-state index is 0.402. The molecule has 4 nitrogen and oxygen atoms in total. The van der Waals surface area contributed by atoms with E-state index in [2.05, 4.69) is 15.2 Å². The third-order valence-corrected chi connectivity index (χ3v) is 1.81. The van der Waals surface area contributed by atoms with Crippen molar-refractivity contribution in [3.63, 3.8) is 0 Å². The van der Waals surface area contributed by atoms with Gasteiger partial charge in [-0.3, -0.25) is 14.6 Å². The summed E-state index contributed by atoms with van der Waals surface area (Å²) in [5.41, 5.74) is 0.554. The van der Waals surface area contributed by atoms with Crippen LogP contribution in [0.1, 0.15) is 0 Å². The van der Waals surface area contributed by atoms with Crippen molar-refractivity contribution in [3.8, 4) is 5.69 Å². The lowest BCUT2D eigenvalue weighted by molar-refractivity contribution is 0.619. The van der Waals surface area contributed by atoms with E-state index < -0.39 is 5.82 Å². The molecule has 0 saturated heterocycles. The largest absolute Gasteiger partial charge is 0.273 e. The second-order valence-electron chi connectivity index (χ2n) is 2.39. The Labute approximate surface area is 78.1 Å². The second kappa shape index (κ2) is 3.06. The highest BCUT2D eigenvalue weighted by Crippen LogP contribution is 2.06. The Hall–Kier alpha value is -1.56. The summed E-state index contributed by atoms with van der Waals surface area (Å²) < 4.78 is 14.7. The van der Waals surface area contributed by atoms with E-state index in [1.807, 2.05) is 0 Å². The van der Waals surface area contributed by atoms with Crippen molar-refractivity contribution in [1.29, 1.82) is 0 Å². The highest BCUT2D eigenvalue weighted by molar-refractivity contribution is 7.71. The second-order valence-corrected chi connectivity index (χ2v) is 2.78. The summed E-state index contributed by atoms with van der Waals surface area (Å²) in [6.07, 6.45) is 4.11. The number of rotatable bonds is 1. The summed E-state index contributed by atoms with van der Waals surface area (Å²) >= 11 is 4.91. The smallest absolute Gasteiger partial charge is 0.199 e. The Bertz CT molecular complexity index is 475. The van der Waals surface area contributed by atoms with Crippen LogP contribution in [0.25, 0.3) is 5.69 Å². The Balaban J connectivity index is 2.59. The number of aromatic amines is 1. The summed E-state index contributed by atoms with van der Waals surface area (Å²) in [4.78, 5) is 3.70. The molecular formula is C7H5FN4S. The Morgan fingerprint density at radius 1 is 1.46 bits per heavy atom. The summed E-state index contributed by atoms with van der Waals surface area (Å²) in [5.74, 6) is -0.402. The molecule has 0 aliphatic carbocycles. The molecule has 0 aromatic carbocycles. The first-order valence-corrected chi connectivity index (χ1v) is 3.91. The molecule has 2 aromatic heterocycles. The van der Waals surface area contributed by atoms with E-state index in [1.54, 1.807) is 0 Å². The maximum absolute atomic E-state index is 12.8. The monoisotopic (exact) mass is 196 g/mol. The number of hydrogen-bond donors (Lipinski definition) is 1. The van der Waals surface area contributed by atoms with Gasteiger partial charge in [-0.25, -0.2) is 4.39 Å². The molecule has 0 saturated carbocycles. The third kappa shape index (κ3) is 1.48. The zero-order valence-corrected chi connectivity index (χ0v) is 7.25. The predicted octanol–water partition coefficient (Wildman–Crippen LogP) is 1.46. The van der Waals surface area contributed by atoms with Crippen LogP contribution >= 0.6 is 12.2 Å². The maximum atomic E-state index is 12.8. The number of H-pyrrole nitrogens is 1. The summed E-state index contributed by atoms with van der Waals surface area (Å²) in [6.45, 7) is 0. The molecule has 0 amide bonds. The van der Waals surface area contributed by atoms with Crippen LogP contribution in [-0.4, -0.2) is 19.7 Å². The average molecular weight is 196 g/mol. The fraction of sp³-hybridized carbons (Fsp3) is 0. The van der Waals surface area contributed by atoms with Gasteiger partial charge >= 0.3 is 0 Å². The van der Waals surface area contributed by atoms with Gasteiger partial charge in [-0.1, -0.05) is 0 Å². The molecule has 0 spiro atoms. The molecule has 1 N–H and O–H groups in total. The van der Waals surface area contributed by atoms with E-state index in [0.29, 0.717) is 10.5 Å². The molecule has 0 radical (unpaired) electrons. The van der Waals surface area contributed by atoms with Crippen LogP contribution in [0.2, 0.25) is 0 Å². The van der Waals surface area contributed by atoms with E-state index >= 15 is 0 Å². The zero-order chi connectivity index (χ0) is 9.26. The minimum Gasteiger partial charge on any atom is -0.273 e. The molecular weight excluding hydrogens is 191 g/mol. The highest BCUT2D eigenvalue weighted by Gasteiger charge is 1.99. The summed E-state index contributed by atoms with van der Waals surface area (Å²) in [7, 11) is 0. The van der Waals surface area contributed by atoms with Gasteiger partial charge in [0, 0.05) is 6.07 Å². The van der Waals surface area contributed by atoms with Gasteiger partial charge in [0.15, 0.2) is 4.77 Å². The van der Waals surface area contributed by atoms with Gasteiger partial charge in [-0.05, 0) is 12.2 Å². The van der Waals surface area contributed by atoms with Crippen LogP contribution in [0.5, 0.6) is 0 Å². The average Bonchev–Trinajstić information content (AvgIpc) is 2.51. The predicted molar refractivity (Wildman–Crippen MR) is 46.5 cm³/mol. The van der Waals surface area contributed by atoms with E-state index in [0.717, 1.165) is 6.20 Å². The van der Waals surface area contributed by atoms with Crippen LogP contribution < -0.4 is 0 Å². The maximum Gasteiger partial charge on any atom is 0.199 e. The molecule has 0 atom stereocenters. The molecule has 0 unspecified atom stereocenters. The first-order chi connectivity index (χ1) is 6.27. The first kappa shape index (κ1) is 8.06. The topological polar surface area (TPSA) is 46.5 Å². The Morgan fingerprint density at radius 2 is 2.31 bits per heavy atom. The minimum atomic E-state index is -0.402. The van der Waals surface area contributed by atoms with Crippen molar-refractivity contribution in [3.05, 3.63) is 35.4 Å². The number of aromatic nitrogens is 4. The molecule has 2 rings (SSSR count). The van der Waals surface area contributed by atoms with Crippen molar-refractivity contribution >= 4 is 12.2 Å². The van der Waals surface area contributed by atoms with E-state index in [1.165, 1.54) is 23.2 Å². The number of halogens is 1. The molecule has 0 fully saturated rings. The molecule has 2 heterocycles. The SMILES string of the molecule is Fc1cncc(-n2cn[nH]c2=S)c1. The van der Waals surface area contributed by atoms with Crippen molar-refractivity contribution in [2.75, 3.05) is 0 Å². The highest BCUT2D eigenvalue weighted by atomic mass is 32.1. The van der Waals surface area contributed by atoms with Gasteiger partial charge in [0.05, 0.1) is 18.1 Å². The number of pyridine rings is 1. The molecule has 0 aliphatic heterocycles. The fourth-order valence-electron chi connectivity index (χ4n) is 0.964. The van der Waals surface area contributed by atoms with Crippen molar-refractivity contribution in [2.45, 2.75) is 0 Å². The number of nitrogens with zero attached hydrogens (tertiary/aromatic N) is 3.